The van der Waals surface area contributed by atoms with Crippen LogP contribution in [0, 0.1) is 0 Å². The van der Waals surface area contributed by atoms with Crippen molar-refractivity contribution >= 4 is 22.4 Å². The maximum absolute atomic E-state index is 12.2. The van der Waals surface area contributed by atoms with Gasteiger partial charge < -0.3 is 10.2 Å². The molecule has 6 heteroatoms. The summed E-state index contributed by atoms with van der Waals surface area (Å²) in [5.41, 5.74) is 0. The summed E-state index contributed by atoms with van der Waals surface area (Å²) in [6, 6.07) is 0.392. The van der Waals surface area contributed by atoms with Crippen LogP contribution in [-0.2, 0) is 11.2 Å². The van der Waals surface area contributed by atoms with E-state index in [9.17, 15) is 4.79 Å². The van der Waals surface area contributed by atoms with Crippen LogP contribution < -0.4 is 10.2 Å². The first-order valence-electron chi connectivity index (χ1n) is 7.17. The van der Waals surface area contributed by atoms with Gasteiger partial charge in [0, 0.05) is 19.0 Å². The minimum absolute atomic E-state index is 0.0389. The van der Waals surface area contributed by atoms with Crippen molar-refractivity contribution in [1.82, 2.24) is 15.5 Å². The van der Waals surface area contributed by atoms with E-state index in [0.717, 1.165) is 55.2 Å². The Morgan fingerprint density at radius 3 is 3.00 bits per heavy atom. The molecule has 1 atom stereocenters. The van der Waals surface area contributed by atoms with Gasteiger partial charge in [-0.2, -0.15) is 0 Å². The number of nitrogens with zero attached hydrogens (tertiary/aromatic N) is 3. The zero-order valence-corrected chi connectivity index (χ0v) is 12.1. The number of anilines is 1. The summed E-state index contributed by atoms with van der Waals surface area (Å²) in [6.45, 7) is 3.06. The molecule has 1 saturated carbocycles. The third-order valence-electron chi connectivity index (χ3n) is 3.64. The third-order valence-corrected chi connectivity index (χ3v) is 4.67. The summed E-state index contributed by atoms with van der Waals surface area (Å²) in [4.78, 5) is 14.3. The molecule has 0 spiro atoms. The van der Waals surface area contributed by atoms with E-state index in [0.29, 0.717) is 6.04 Å². The van der Waals surface area contributed by atoms with Crippen LogP contribution in [0.2, 0.25) is 0 Å². The van der Waals surface area contributed by atoms with Crippen molar-refractivity contribution in [2.45, 2.75) is 57.5 Å². The van der Waals surface area contributed by atoms with Crippen LogP contribution >= 0.6 is 11.3 Å². The minimum Gasteiger partial charge on any atom is -0.352 e. The van der Waals surface area contributed by atoms with Crippen molar-refractivity contribution < 1.29 is 4.79 Å². The molecule has 1 saturated heterocycles. The van der Waals surface area contributed by atoms with Gasteiger partial charge in [-0.25, -0.2) is 0 Å². The average molecular weight is 280 g/mol. The second-order valence-corrected chi connectivity index (χ2v) is 6.40. The number of aryl methyl sites for hydroxylation is 1. The third kappa shape index (κ3) is 2.88. The Balaban J connectivity index is 1.68. The number of hydrogen-bond acceptors (Lipinski definition) is 5. The molecule has 1 aromatic heterocycles. The fourth-order valence-electron chi connectivity index (χ4n) is 2.47. The van der Waals surface area contributed by atoms with E-state index >= 15 is 0 Å². The van der Waals surface area contributed by atoms with Gasteiger partial charge in [-0.05, 0) is 32.1 Å². The smallest absolute Gasteiger partial charge is 0.243 e. The van der Waals surface area contributed by atoms with Gasteiger partial charge in [0.2, 0.25) is 11.0 Å². The van der Waals surface area contributed by atoms with E-state index in [1.165, 1.54) is 0 Å². The molecule has 104 valence electrons. The molecular weight excluding hydrogens is 260 g/mol. The molecule has 5 nitrogen and oxygen atoms in total. The Bertz CT molecular complexity index is 457. The Morgan fingerprint density at radius 2 is 2.26 bits per heavy atom. The molecule has 19 heavy (non-hydrogen) atoms. The first-order chi connectivity index (χ1) is 9.28. The summed E-state index contributed by atoms with van der Waals surface area (Å²) in [5, 5.41) is 13.6. The van der Waals surface area contributed by atoms with Crippen molar-refractivity contribution in [3.05, 3.63) is 5.01 Å². The summed E-state index contributed by atoms with van der Waals surface area (Å²) in [5.74, 6) is 0.173. The topological polar surface area (TPSA) is 58.1 Å². The van der Waals surface area contributed by atoms with Gasteiger partial charge in [0.15, 0.2) is 0 Å². The Morgan fingerprint density at radius 1 is 1.42 bits per heavy atom. The van der Waals surface area contributed by atoms with E-state index in [4.69, 9.17) is 0 Å². The lowest BCUT2D eigenvalue weighted by Crippen LogP contribution is -2.44. The monoisotopic (exact) mass is 280 g/mol. The quantitative estimate of drug-likeness (QED) is 0.892. The largest absolute Gasteiger partial charge is 0.352 e. The van der Waals surface area contributed by atoms with Crippen molar-refractivity contribution in [2.75, 3.05) is 11.4 Å². The normalized spacial score (nSPS) is 22.8. The highest BCUT2D eigenvalue weighted by Gasteiger charge is 2.35. The lowest BCUT2D eigenvalue weighted by molar-refractivity contribution is -0.122. The number of carbonyl (C=O) groups excluding carboxylic acids is 1. The fourth-order valence-corrected chi connectivity index (χ4v) is 3.49. The van der Waals surface area contributed by atoms with Gasteiger partial charge >= 0.3 is 0 Å². The zero-order chi connectivity index (χ0) is 13.2. The highest BCUT2D eigenvalue weighted by Crippen LogP contribution is 2.29. The lowest BCUT2D eigenvalue weighted by Gasteiger charge is -2.22. The maximum Gasteiger partial charge on any atom is 0.243 e. The molecular formula is C13H20N4OS. The van der Waals surface area contributed by atoms with E-state index in [-0.39, 0.29) is 11.9 Å². The van der Waals surface area contributed by atoms with Crippen molar-refractivity contribution in [1.29, 1.82) is 0 Å². The summed E-state index contributed by atoms with van der Waals surface area (Å²) in [6.07, 6.45) is 6.33. The molecule has 1 amide bonds. The number of nitrogens with one attached hydrogen (secondary N) is 1. The van der Waals surface area contributed by atoms with Gasteiger partial charge in [0.1, 0.15) is 11.0 Å². The minimum atomic E-state index is -0.0389. The molecule has 0 aromatic carbocycles. The molecule has 0 radical (unpaired) electrons. The molecule has 1 aromatic rings. The molecule has 2 aliphatic rings. The molecule has 2 fully saturated rings. The number of aromatic nitrogens is 2. The molecule has 2 heterocycles. The SMILES string of the molecule is CCCc1nnc(N2CCC[C@H]2C(=O)NC2CC2)s1. The van der Waals surface area contributed by atoms with E-state index in [1.807, 2.05) is 0 Å². The first-order valence-corrected chi connectivity index (χ1v) is 7.99. The second kappa shape index (κ2) is 5.45. The molecule has 0 unspecified atom stereocenters. The van der Waals surface area contributed by atoms with Crippen LogP contribution in [0.1, 0.15) is 44.0 Å². The van der Waals surface area contributed by atoms with Gasteiger partial charge in [-0.15, -0.1) is 10.2 Å². The maximum atomic E-state index is 12.2. The van der Waals surface area contributed by atoms with Gasteiger partial charge in [-0.1, -0.05) is 18.3 Å². The van der Waals surface area contributed by atoms with Gasteiger partial charge in [0.05, 0.1) is 0 Å². The molecule has 0 bridgehead atoms. The van der Waals surface area contributed by atoms with Crippen LogP contribution in [0.3, 0.4) is 0 Å². The number of rotatable bonds is 5. The summed E-state index contributed by atoms with van der Waals surface area (Å²) >= 11 is 1.63. The van der Waals surface area contributed by atoms with Crippen LogP contribution in [0.15, 0.2) is 0 Å². The fraction of sp³-hybridized carbons (Fsp3) is 0.769. The molecule has 1 aliphatic carbocycles. The lowest BCUT2D eigenvalue weighted by atomic mass is 10.2. The average Bonchev–Trinajstić information content (AvgIpc) is 2.93. The van der Waals surface area contributed by atoms with E-state index < -0.39 is 0 Å². The van der Waals surface area contributed by atoms with Crippen LogP contribution in [0.5, 0.6) is 0 Å². The standard InChI is InChI=1S/C13H20N4OS/c1-2-4-11-15-16-13(19-11)17-8-3-5-10(17)12(18)14-9-6-7-9/h9-10H,2-8H2,1H3,(H,14,18)/t10-/m0/s1. The van der Waals surface area contributed by atoms with Crippen LogP contribution in [0.4, 0.5) is 5.13 Å². The number of carbonyl (C=O) groups is 1. The van der Waals surface area contributed by atoms with E-state index in [2.05, 4.69) is 27.3 Å². The highest BCUT2D eigenvalue weighted by molar-refractivity contribution is 7.15. The Labute approximate surface area is 117 Å². The predicted molar refractivity (Wildman–Crippen MR) is 75.4 cm³/mol. The predicted octanol–water partition coefficient (Wildman–Crippen LogP) is 1.74. The van der Waals surface area contributed by atoms with Crippen molar-refractivity contribution in [3.8, 4) is 0 Å². The summed E-state index contributed by atoms with van der Waals surface area (Å²) < 4.78 is 0. The van der Waals surface area contributed by atoms with Crippen LogP contribution in [-0.4, -0.2) is 34.7 Å². The van der Waals surface area contributed by atoms with Gasteiger partial charge in [-0.3, -0.25) is 4.79 Å². The molecule has 1 aliphatic heterocycles. The van der Waals surface area contributed by atoms with Crippen molar-refractivity contribution in [2.24, 2.45) is 0 Å². The highest BCUT2D eigenvalue weighted by atomic mass is 32.1. The molecule has 3 rings (SSSR count). The Kier molecular flexibility index (Phi) is 3.68. The van der Waals surface area contributed by atoms with E-state index in [1.54, 1.807) is 11.3 Å². The van der Waals surface area contributed by atoms with Crippen LogP contribution in [0.25, 0.3) is 0 Å². The number of hydrogen-bond donors (Lipinski definition) is 1. The van der Waals surface area contributed by atoms with Crippen molar-refractivity contribution in [3.63, 3.8) is 0 Å². The molecule has 1 N–H and O–H groups in total. The zero-order valence-electron chi connectivity index (χ0n) is 11.3. The Hall–Kier alpha value is -1.17. The number of amides is 1. The van der Waals surface area contributed by atoms with Gasteiger partial charge in [0.25, 0.3) is 0 Å². The second-order valence-electron chi connectivity index (χ2n) is 5.36. The first kappa shape index (κ1) is 12.8. The summed E-state index contributed by atoms with van der Waals surface area (Å²) in [7, 11) is 0.